The number of anilines is 1. The highest BCUT2D eigenvalue weighted by atomic mass is 32.2. The van der Waals surface area contributed by atoms with E-state index in [0.717, 1.165) is 41.5 Å². The first-order valence-corrected chi connectivity index (χ1v) is 13.5. The highest BCUT2D eigenvalue weighted by molar-refractivity contribution is 8.18. The first kappa shape index (κ1) is 26.7. The molecule has 0 bridgehead atoms. The van der Waals surface area contributed by atoms with Gasteiger partial charge in [-0.15, -0.1) is 0 Å². The van der Waals surface area contributed by atoms with E-state index in [1.54, 1.807) is 19.1 Å². The van der Waals surface area contributed by atoms with Gasteiger partial charge in [-0.25, -0.2) is 9.79 Å². The van der Waals surface area contributed by atoms with E-state index in [-0.39, 0.29) is 28.4 Å². The standard InChI is InChI=1S/C30H34N2O4S/c1-6-36-29(35)25-26(33)24(18-20-9-14-23(19(2)17-20)32-15-7-8-16-32)37-28(25)31-27(34)21-10-12-22(13-11-21)30(3,4)5/h9-14,17-18,33H,6-8,15-16H2,1-5H3/b24-18-,31-28?. The number of hydrogen-bond acceptors (Lipinski definition) is 6. The second kappa shape index (κ2) is 11.0. The number of ether oxygens (including phenoxy) is 1. The smallest absolute Gasteiger partial charge is 0.344 e. The largest absolute Gasteiger partial charge is 0.506 e. The summed E-state index contributed by atoms with van der Waals surface area (Å²) in [7, 11) is 0. The molecule has 2 aromatic rings. The van der Waals surface area contributed by atoms with Gasteiger partial charge in [0.2, 0.25) is 0 Å². The van der Waals surface area contributed by atoms with Crippen molar-refractivity contribution in [3.63, 3.8) is 0 Å². The van der Waals surface area contributed by atoms with E-state index >= 15 is 0 Å². The molecule has 2 aliphatic heterocycles. The lowest BCUT2D eigenvalue weighted by Gasteiger charge is -2.20. The lowest BCUT2D eigenvalue weighted by Crippen LogP contribution is -2.18. The SMILES string of the molecule is CCOC(=O)C1=C(O)/C(=C/c2ccc(N3CCCC3)c(C)c2)SC1=NC(=O)c1ccc(C(C)(C)C)cc1. The fraction of sp³-hybridized carbons (Fsp3) is 0.367. The van der Waals surface area contributed by atoms with Crippen LogP contribution in [-0.2, 0) is 14.9 Å². The number of aliphatic hydroxyl groups is 1. The van der Waals surface area contributed by atoms with Crippen molar-refractivity contribution >= 4 is 40.4 Å². The Kier molecular flexibility index (Phi) is 7.93. The summed E-state index contributed by atoms with van der Waals surface area (Å²) in [4.78, 5) is 32.8. The van der Waals surface area contributed by atoms with E-state index in [0.29, 0.717) is 10.5 Å². The summed E-state index contributed by atoms with van der Waals surface area (Å²) in [6.07, 6.45) is 4.22. The number of amides is 1. The number of nitrogens with zero attached hydrogens (tertiary/aromatic N) is 2. The summed E-state index contributed by atoms with van der Waals surface area (Å²) >= 11 is 1.10. The summed E-state index contributed by atoms with van der Waals surface area (Å²) in [6, 6.07) is 13.5. The lowest BCUT2D eigenvalue weighted by atomic mass is 9.87. The van der Waals surface area contributed by atoms with Gasteiger partial charge < -0.3 is 14.7 Å². The van der Waals surface area contributed by atoms with Gasteiger partial charge >= 0.3 is 5.97 Å². The minimum absolute atomic E-state index is 0.0366. The van der Waals surface area contributed by atoms with E-state index in [2.05, 4.69) is 49.7 Å². The molecule has 0 unspecified atom stereocenters. The second-order valence-electron chi connectivity index (χ2n) is 10.3. The maximum atomic E-state index is 13.0. The van der Waals surface area contributed by atoms with Crippen molar-refractivity contribution in [1.29, 1.82) is 0 Å². The fourth-order valence-corrected chi connectivity index (χ4v) is 5.51. The Bertz CT molecular complexity index is 1290. The molecule has 0 aromatic heterocycles. The Morgan fingerprint density at radius 1 is 1.11 bits per heavy atom. The van der Waals surface area contributed by atoms with Crippen LogP contribution >= 0.6 is 11.8 Å². The molecule has 2 heterocycles. The molecule has 1 N–H and O–H groups in total. The zero-order chi connectivity index (χ0) is 26.7. The maximum Gasteiger partial charge on any atom is 0.344 e. The zero-order valence-corrected chi connectivity index (χ0v) is 22.9. The minimum Gasteiger partial charge on any atom is -0.506 e. The number of rotatable bonds is 5. The Hall–Kier alpha value is -3.32. The number of thioether (sulfide) groups is 1. The maximum absolute atomic E-state index is 13.0. The Morgan fingerprint density at radius 2 is 1.78 bits per heavy atom. The van der Waals surface area contributed by atoms with Crippen LogP contribution < -0.4 is 4.90 Å². The number of carbonyl (C=O) groups is 2. The highest BCUT2D eigenvalue weighted by Crippen LogP contribution is 2.40. The molecule has 1 fully saturated rings. The number of hydrogen-bond donors (Lipinski definition) is 1. The predicted octanol–water partition coefficient (Wildman–Crippen LogP) is 6.59. The van der Waals surface area contributed by atoms with Crippen molar-refractivity contribution < 1.29 is 19.4 Å². The number of aliphatic hydroxyl groups excluding tert-OH is 1. The second-order valence-corrected chi connectivity index (χ2v) is 11.4. The first-order valence-electron chi connectivity index (χ1n) is 12.7. The third kappa shape index (κ3) is 5.99. The minimum atomic E-state index is -0.703. The molecule has 0 aliphatic carbocycles. The third-order valence-corrected chi connectivity index (χ3v) is 7.56. The molecule has 7 heteroatoms. The average molecular weight is 519 g/mol. The summed E-state index contributed by atoms with van der Waals surface area (Å²) in [5.74, 6) is -1.41. The van der Waals surface area contributed by atoms with Gasteiger partial charge in [-0.1, -0.05) is 50.7 Å². The van der Waals surface area contributed by atoms with Gasteiger partial charge in [-0.2, -0.15) is 0 Å². The normalized spacial score (nSPS) is 18.2. The van der Waals surface area contributed by atoms with Gasteiger partial charge in [-0.3, -0.25) is 4.79 Å². The molecule has 1 saturated heterocycles. The lowest BCUT2D eigenvalue weighted by molar-refractivity contribution is -0.138. The summed E-state index contributed by atoms with van der Waals surface area (Å²) in [5.41, 5.74) is 4.66. The van der Waals surface area contributed by atoms with Crippen molar-refractivity contribution in [3.8, 4) is 0 Å². The molecule has 0 atom stereocenters. The molecule has 4 rings (SSSR count). The number of aryl methyl sites for hydroxylation is 1. The zero-order valence-electron chi connectivity index (χ0n) is 22.1. The van der Waals surface area contributed by atoms with Crippen LogP contribution in [0.4, 0.5) is 5.69 Å². The van der Waals surface area contributed by atoms with E-state index in [1.807, 2.05) is 24.3 Å². The number of aliphatic imine (C=N–C) groups is 1. The molecular formula is C30H34N2O4S. The molecule has 1 amide bonds. The Labute approximate surface area is 223 Å². The Balaban J connectivity index is 1.64. The van der Waals surface area contributed by atoms with Crippen LogP contribution in [0.5, 0.6) is 0 Å². The molecule has 6 nitrogen and oxygen atoms in total. The van der Waals surface area contributed by atoms with E-state index in [4.69, 9.17) is 4.74 Å². The Morgan fingerprint density at radius 3 is 2.38 bits per heavy atom. The van der Waals surface area contributed by atoms with Crippen molar-refractivity contribution in [1.82, 2.24) is 0 Å². The number of carbonyl (C=O) groups excluding carboxylic acids is 2. The topological polar surface area (TPSA) is 79.2 Å². The molecule has 0 radical (unpaired) electrons. The van der Waals surface area contributed by atoms with Gasteiger partial charge in [0.05, 0.1) is 11.5 Å². The van der Waals surface area contributed by atoms with Crippen LogP contribution in [0.1, 0.15) is 67.6 Å². The van der Waals surface area contributed by atoms with E-state index in [9.17, 15) is 14.7 Å². The van der Waals surface area contributed by atoms with Crippen LogP contribution in [0.2, 0.25) is 0 Å². The van der Waals surface area contributed by atoms with Crippen molar-refractivity contribution in [2.45, 2.75) is 52.9 Å². The molecule has 0 saturated carbocycles. The van der Waals surface area contributed by atoms with Crippen LogP contribution in [0.25, 0.3) is 6.08 Å². The van der Waals surface area contributed by atoms with Gasteiger partial charge in [0.25, 0.3) is 5.91 Å². The van der Waals surface area contributed by atoms with E-state index < -0.39 is 11.9 Å². The summed E-state index contributed by atoms with van der Waals surface area (Å²) < 4.78 is 5.16. The van der Waals surface area contributed by atoms with Crippen molar-refractivity contribution in [3.05, 3.63) is 81.0 Å². The van der Waals surface area contributed by atoms with Crippen LogP contribution in [0, 0.1) is 6.92 Å². The summed E-state index contributed by atoms with van der Waals surface area (Å²) in [5, 5.41) is 11.1. The number of benzene rings is 2. The third-order valence-electron chi connectivity index (χ3n) is 6.54. The molecule has 194 valence electrons. The van der Waals surface area contributed by atoms with Gasteiger partial charge in [-0.05, 0) is 79.1 Å². The molecule has 2 aliphatic rings. The molecule has 37 heavy (non-hydrogen) atoms. The number of esters is 1. The van der Waals surface area contributed by atoms with Crippen LogP contribution in [0.3, 0.4) is 0 Å². The molecule has 0 spiro atoms. The van der Waals surface area contributed by atoms with Crippen molar-refractivity contribution in [2.24, 2.45) is 4.99 Å². The quantitative estimate of drug-likeness (QED) is 0.450. The van der Waals surface area contributed by atoms with Crippen LogP contribution in [0.15, 0.2) is 63.7 Å². The van der Waals surface area contributed by atoms with Gasteiger partial charge in [0.15, 0.2) is 0 Å². The molecular weight excluding hydrogens is 484 g/mol. The predicted molar refractivity (Wildman–Crippen MR) is 151 cm³/mol. The first-order chi connectivity index (χ1) is 17.6. The monoisotopic (exact) mass is 518 g/mol. The highest BCUT2D eigenvalue weighted by Gasteiger charge is 2.34. The van der Waals surface area contributed by atoms with E-state index in [1.165, 1.54) is 18.5 Å². The van der Waals surface area contributed by atoms with Gasteiger partial charge in [0, 0.05) is 24.3 Å². The van der Waals surface area contributed by atoms with Crippen LogP contribution in [-0.4, -0.2) is 41.7 Å². The molecule has 2 aromatic carbocycles. The summed E-state index contributed by atoms with van der Waals surface area (Å²) in [6.45, 7) is 12.4. The van der Waals surface area contributed by atoms with Gasteiger partial charge in [0.1, 0.15) is 16.4 Å². The van der Waals surface area contributed by atoms with Crippen molar-refractivity contribution in [2.75, 3.05) is 24.6 Å². The fourth-order valence-electron chi connectivity index (χ4n) is 4.49. The average Bonchev–Trinajstić information content (AvgIpc) is 3.47.